The molecule has 1 nitrogen and oxygen atoms in total. The van der Waals surface area contributed by atoms with E-state index in [4.69, 9.17) is 4.98 Å². The van der Waals surface area contributed by atoms with Gasteiger partial charge in [0.25, 0.3) is 0 Å². The lowest BCUT2D eigenvalue weighted by Crippen LogP contribution is -2.57. The summed E-state index contributed by atoms with van der Waals surface area (Å²) >= 11 is 0. The lowest BCUT2D eigenvalue weighted by Gasteiger charge is -2.30. The molecule has 10 aromatic rings. The molecule has 0 aliphatic heterocycles. The molecule has 0 amide bonds. The van der Waals surface area contributed by atoms with Crippen LogP contribution in [0.5, 0.6) is 0 Å². The first kappa shape index (κ1) is 38.7. The standard InChI is InChI=1S/C59H52BN/c1-33-27-35(3)56(36(4)28-33)60(57-37(5)29-34(2)30-38(57)6)58-41(9)39(7)53(40(8)42(58)10)55-48-23-15-13-21-46(48)54(47-22-14-16-24-49(47)55)51-32-44-31-43-19-11-18-26-52(43)61-59(44)50-25-17-12-20-45(50)51/h11-32H,1-10H3. The Balaban J connectivity index is 1.29. The number of fused-ring (bicyclic) bond motifs is 6. The SMILES string of the molecule is Cc1cc(C)c(B(c2c(C)cc(C)cc2C)c2c(C)c(C)c(-c3c4ccccc4c(-c4cc5cc6ccccc6nc5c5ccccc45)c4ccccc34)c(C)c2C)c(C)c1. The molecule has 0 unspecified atom stereocenters. The molecule has 2 heteroatoms. The Hall–Kier alpha value is -6.51. The Morgan fingerprint density at radius 2 is 0.770 bits per heavy atom. The molecule has 0 bridgehead atoms. The van der Waals surface area contributed by atoms with E-state index in [1.165, 1.54) is 127 Å². The van der Waals surface area contributed by atoms with Crippen molar-refractivity contribution in [2.45, 2.75) is 69.2 Å². The van der Waals surface area contributed by atoms with Gasteiger partial charge < -0.3 is 0 Å². The first-order valence-electron chi connectivity index (χ1n) is 21.8. The molecular weight excluding hydrogens is 733 g/mol. The summed E-state index contributed by atoms with van der Waals surface area (Å²) in [5.41, 5.74) is 25.1. The van der Waals surface area contributed by atoms with Crippen LogP contribution < -0.4 is 16.4 Å². The van der Waals surface area contributed by atoms with Crippen LogP contribution in [0, 0.1) is 69.2 Å². The molecule has 0 aliphatic rings. The molecule has 1 heterocycles. The van der Waals surface area contributed by atoms with Crippen molar-refractivity contribution in [1.82, 2.24) is 4.98 Å². The zero-order valence-corrected chi connectivity index (χ0v) is 37.2. The van der Waals surface area contributed by atoms with Crippen LogP contribution in [0.3, 0.4) is 0 Å². The fourth-order valence-corrected chi connectivity index (χ4v) is 11.4. The molecule has 0 spiro atoms. The number of hydrogen-bond acceptors (Lipinski definition) is 1. The Bertz CT molecular complexity index is 3290. The van der Waals surface area contributed by atoms with Crippen molar-refractivity contribution < 1.29 is 0 Å². The molecule has 9 aromatic carbocycles. The van der Waals surface area contributed by atoms with Gasteiger partial charge in [-0.05, 0) is 148 Å². The number of aromatic nitrogens is 1. The predicted octanol–water partition coefficient (Wildman–Crippen LogP) is 13.8. The van der Waals surface area contributed by atoms with E-state index in [2.05, 4.69) is 203 Å². The van der Waals surface area contributed by atoms with Crippen molar-refractivity contribution in [3.63, 3.8) is 0 Å². The van der Waals surface area contributed by atoms with Crippen LogP contribution in [0.25, 0.3) is 76.4 Å². The van der Waals surface area contributed by atoms with Gasteiger partial charge in [-0.25, -0.2) is 4.98 Å². The van der Waals surface area contributed by atoms with Crippen molar-refractivity contribution in [2.24, 2.45) is 0 Å². The van der Waals surface area contributed by atoms with E-state index < -0.39 is 0 Å². The second-order valence-electron chi connectivity index (χ2n) is 17.9. The number of para-hydroxylation sites is 1. The summed E-state index contributed by atoms with van der Waals surface area (Å²) < 4.78 is 0. The third-order valence-corrected chi connectivity index (χ3v) is 14.0. The Morgan fingerprint density at radius 1 is 0.344 bits per heavy atom. The molecule has 0 N–H and O–H groups in total. The summed E-state index contributed by atoms with van der Waals surface area (Å²) in [4.78, 5) is 5.24. The van der Waals surface area contributed by atoms with Gasteiger partial charge in [0.05, 0.1) is 11.0 Å². The molecule has 0 saturated carbocycles. The molecule has 0 radical (unpaired) electrons. The number of pyridine rings is 1. The number of nitrogens with zero attached hydrogens (tertiary/aromatic N) is 1. The zero-order valence-electron chi connectivity index (χ0n) is 37.2. The molecule has 296 valence electrons. The van der Waals surface area contributed by atoms with Crippen LogP contribution in [-0.2, 0) is 0 Å². The van der Waals surface area contributed by atoms with Crippen molar-refractivity contribution in [3.8, 4) is 22.3 Å². The van der Waals surface area contributed by atoms with Crippen LogP contribution in [0.2, 0.25) is 0 Å². The number of benzene rings is 9. The summed E-state index contributed by atoms with van der Waals surface area (Å²) in [6, 6.07) is 49.8. The van der Waals surface area contributed by atoms with Gasteiger partial charge in [0.1, 0.15) is 0 Å². The van der Waals surface area contributed by atoms with Gasteiger partial charge in [-0.2, -0.15) is 0 Å². The lowest BCUT2D eigenvalue weighted by atomic mass is 9.32. The quantitative estimate of drug-likeness (QED) is 0.0962. The highest BCUT2D eigenvalue weighted by Gasteiger charge is 2.33. The normalized spacial score (nSPS) is 11.8. The predicted molar refractivity (Wildman–Crippen MR) is 268 cm³/mol. The summed E-state index contributed by atoms with van der Waals surface area (Å²) in [6.45, 7) is 23.4. The van der Waals surface area contributed by atoms with Crippen molar-refractivity contribution >= 4 is 77.2 Å². The van der Waals surface area contributed by atoms with Gasteiger partial charge in [-0.1, -0.05) is 176 Å². The van der Waals surface area contributed by atoms with Gasteiger partial charge in [-0.15, -0.1) is 0 Å². The van der Waals surface area contributed by atoms with E-state index in [1.807, 2.05) is 0 Å². The van der Waals surface area contributed by atoms with Crippen molar-refractivity contribution in [3.05, 3.63) is 189 Å². The first-order chi connectivity index (χ1) is 29.4. The molecule has 1 aromatic heterocycles. The molecule has 10 rings (SSSR count). The van der Waals surface area contributed by atoms with Crippen LogP contribution in [0.15, 0.2) is 133 Å². The highest BCUT2D eigenvalue weighted by molar-refractivity contribution is 6.97. The summed E-state index contributed by atoms with van der Waals surface area (Å²) in [7, 11) is 0. The average molecular weight is 786 g/mol. The van der Waals surface area contributed by atoms with E-state index in [0.717, 1.165) is 21.8 Å². The molecule has 0 fully saturated rings. The third-order valence-electron chi connectivity index (χ3n) is 14.0. The van der Waals surface area contributed by atoms with Gasteiger partial charge in [-0.3, -0.25) is 0 Å². The summed E-state index contributed by atoms with van der Waals surface area (Å²) in [6.07, 6.45) is 0. The van der Waals surface area contributed by atoms with Gasteiger partial charge >= 0.3 is 0 Å². The maximum atomic E-state index is 5.24. The Labute approximate surface area is 361 Å². The van der Waals surface area contributed by atoms with E-state index in [-0.39, 0.29) is 6.71 Å². The topological polar surface area (TPSA) is 12.9 Å². The number of rotatable bonds is 5. The second-order valence-corrected chi connectivity index (χ2v) is 17.9. The molecule has 0 saturated heterocycles. The first-order valence-corrected chi connectivity index (χ1v) is 21.8. The van der Waals surface area contributed by atoms with Crippen LogP contribution in [-0.4, -0.2) is 11.7 Å². The Kier molecular flexibility index (Phi) is 9.26. The zero-order chi connectivity index (χ0) is 42.4. The monoisotopic (exact) mass is 785 g/mol. The van der Waals surface area contributed by atoms with Crippen molar-refractivity contribution in [2.75, 3.05) is 0 Å². The third kappa shape index (κ3) is 6.02. The van der Waals surface area contributed by atoms with E-state index in [1.54, 1.807) is 0 Å². The van der Waals surface area contributed by atoms with E-state index >= 15 is 0 Å². The smallest absolute Gasteiger partial charge is 0.243 e. The highest BCUT2D eigenvalue weighted by atomic mass is 14.7. The number of hydrogen-bond donors (Lipinski definition) is 0. The molecular formula is C59H52BN. The molecule has 61 heavy (non-hydrogen) atoms. The van der Waals surface area contributed by atoms with Gasteiger partial charge in [0.2, 0.25) is 6.71 Å². The lowest BCUT2D eigenvalue weighted by molar-refractivity contribution is 1.27. The minimum absolute atomic E-state index is 0.108. The van der Waals surface area contributed by atoms with Crippen LogP contribution in [0.4, 0.5) is 0 Å². The van der Waals surface area contributed by atoms with Gasteiger partial charge in [0.15, 0.2) is 0 Å². The fourth-order valence-electron chi connectivity index (χ4n) is 11.4. The van der Waals surface area contributed by atoms with Crippen LogP contribution in [0.1, 0.15) is 55.6 Å². The minimum Gasteiger partial charge on any atom is -0.247 e. The van der Waals surface area contributed by atoms with Crippen LogP contribution >= 0.6 is 0 Å². The fraction of sp³-hybridized carbons (Fsp3) is 0.169. The summed E-state index contributed by atoms with van der Waals surface area (Å²) in [5, 5.41) is 9.81. The Morgan fingerprint density at radius 3 is 1.28 bits per heavy atom. The second kappa shape index (κ2) is 14.6. The van der Waals surface area contributed by atoms with E-state index in [9.17, 15) is 0 Å². The van der Waals surface area contributed by atoms with Gasteiger partial charge in [0, 0.05) is 16.2 Å². The molecule has 0 aliphatic carbocycles. The summed E-state index contributed by atoms with van der Waals surface area (Å²) in [5.74, 6) is 0. The minimum atomic E-state index is 0.108. The highest BCUT2D eigenvalue weighted by Crippen LogP contribution is 2.48. The molecule has 0 atom stereocenters. The van der Waals surface area contributed by atoms with E-state index in [0.29, 0.717) is 0 Å². The maximum Gasteiger partial charge on any atom is 0.243 e. The number of aryl methyl sites for hydroxylation is 6. The average Bonchev–Trinajstić information content (AvgIpc) is 3.24. The maximum absolute atomic E-state index is 5.24. The van der Waals surface area contributed by atoms with Crippen molar-refractivity contribution in [1.29, 1.82) is 0 Å². The largest absolute Gasteiger partial charge is 0.247 e.